The molecule has 1 aliphatic carbocycles. The summed E-state index contributed by atoms with van der Waals surface area (Å²) in [6, 6.07) is -4.32. The Morgan fingerprint density at radius 1 is 0.931 bits per heavy atom. The third-order valence-electron chi connectivity index (χ3n) is 4.94. The highest BCUT2D eigenvalue weighted by Crippen LogP contribution is 2.33. The van der Waals surface area contributed by atoms with E-state index >= 15 is 0 Å². The van der Waals surface area contributed by atoms with Gasteiger partial charge >= 0.3 is 0 Å². The van der Waals surface area contributed by atoms with Gasteiger partial charge in [-0.05, 0) is 29.9 Å². The van der Waals surface area contributed by atoms with Gasteiger partial charge in [0.15, 0.2) is 6.29 Å². The van der Waals surface area contributed by atoms with Crippen LogP contribution in [0.25, 0.3) is 31.3 Å². The average molecular weight is 414 g/mol. The Morgan fingerprint density at radius 2 is 1.52 bits per heavy atom. The maximum Gasteiger partial charge on any atom is 0.169 e. The number of nitrogens with zero attached hydrogens (tertiary/aromatic N) is 9. The molecule has 0 aromatic carbocycles. The first-order valence-corrected chi connectivity index (χ1v) is 8.68. The minimum Gasteiger partial charge on any atom is -0.390 e. The summed E-state index contributed by atoms with van der Waals surface area (Å²) in [5.41, 5.74) is 31.9. The van der Waals surface area contributed by atoms with Crippen molar-refractivity contribution in [3.63, 3.8) is 0 Å². The van der Waals surface area contributed by atoms with Crippen molar-refractivity contribution in [1.29, 1.82) is 0 Å². The number of hydrogen-bond donors (Lipinski definition) is 5. The molecule has 1 saturated carbocycles. The molecule has 0 bridgehead atoms. The molecule has 1 aliphatic heterocycles. The molecular formula is C13H22N10O6. The number of hydrogen-bond acceptors (Lipinski definition) is 10. The van der Waals surface area contributed by atoms with Gasteiger partial charge < -0.3 is 35.6 Å². The molecule has 16 nitrogen and oxygen atoms in total. The highest BCUT2D eigenvalue weighted by atomic mass is 16.7. The van der Waals surface area contributed by atoms with Crippen molar-refractivity contribution >= 4 is 0 Å². The van der Waals surface area contributed by atoms with Crippen molar-refractivity contribution in [3.8, 4) is 0 Å². The first kappa shape index (κ1) is 22.9. The van der Waals surface area contributed by atoms with E-state index in [-0.39, 0.29) is 6.42 Å². The quantitative estimate of drug-likeness (QED) is 0.212. The van der Waals surface area contributed by atoms with Crippen molar-refractivity contribution in [2.24, 2.45) is 21.1 Å². The summed E-state index contributed by atoms with van der Waals surface area (Å²) in [5, 5.41) is 51.4. The Labute approximate surface area is 163 Å². The Bertz CT molecular complexity index is 721. The summed E-state index contributed by atoms with van der Waals surface area (Å²) < 4.78 is 11.2. The lowest BCUT2D eigenvalue weighted by Gasteiger charge is -2.46. The third kappa shape index (κ3) is 4.80. The average Bonchev–Trinajstić information content (AvgIpc) is 2.68. The second-order valence-corrected chi connectivity index (χ2v) is 6.87. The molecule has 1 saturated heterocycles. The molecular weight excluding hydrogens is 392 g/mol. The molecule has 29 heavy (non-hydrogen) atoms. The second kappa shape index (κ2) is 9.91. The summed E-state index contributed by atoms with van der Waals surface area (Å²) in [6.45, 7) is 1.51. The molecule has 0 radical (unpaired) electrons. The van der Waals surface area contributed by atoms with Crippen molar-refractivity contribution in [3.05, 3.63) is 31.3 Å². The monoisotopic (exact) mass is 414 g/mol. The van der Waals surface area contributed by atoms with Crippen LogP contribution in [0.4, 0.5) is 0 Å². The summed E-state index contributed by atoms with van der Waals surface area (Å²) >= 11 is 0. The van der Waals surface area contributed by atoms with Gasteiger partial charge in [-0.15, -0.1) is 0 Å². The standard InChI is InChI=1S/C13H22N10O6/c1-3(14)11-10(27)8(25)6(20-23-17)13(28-11)29-12-5(19-22-16)2-4(18-21-15)7(24)9(12)26/h3-13,24-27H,2,14H2,1H3/t3?,4?,5?,6?,7?,8?,9?,10-,11?,12-,13-/m1/s1. The lowest BCUT2D eigenvalue weighted by molar-refractivity contribution is -0.291. The van der Waals surface area contributed by atoms with Crippen LogP contribution in [0.1, 0.15) is 13.3 Å². The van der Waals surface area contributed by atoms with E-state index in [2.05, 4.69) is 30.1 Å². The molecule has 0 aromatic heterocycles. The minimum atomic E-state index is -1.66. The largest absolute Gasteiger partial charge is 0.390 e. The fourth-order valence-electron chi connectivity index (χ4n) is 3.46. The predicted octanol–water partition coefficient (Wildman–Crippen LogP) is -0.672. The Hall–Kier alpha value is -2.35. The van der Waals surface area contributed by atoms with E-state index in [4.69, 9.17) is 31.8 Å². The lowest BCUT2D eigenvalue weighted by Crippen LogP contribution is -2.64. The maximum atomic E-state index is 10.4. The fourth-order valence-corrected chi connectivity index (χ4v) is 3.46. The Balaban J connectivity index is 2.34. The summed E-state index contributed by atoms with van der Waals surface area (Å²) in [5.74, 6) is 0. The molecule has 2 fully saturated rings. The normalized spacial score (nSPS) is 43.2. The number of ether oxygens (including phenoxy) is 2. The van der Waals surface area contributed by atoms with Crippen LogP contribution < -0.4 is 5.73 Å². The van der Waals surface area contributed by atoms with Crippen LogP contribution >= 0.6 is 0 Å². The molecule has 160 valence electrons. The molecule has 8 unspecified atom stereocenters. The van der Waals surface area contributed by atoms with Crippen LogP contribution in [0, 0.1) is 0 Å². The summed E-state index contributed by atoms with van der Waals surface area (Å²) in [4.78, 5) is 7.85. The minimum absolute atomic E-state index is 0.141. The van der Waals surface area contributed by atoms with Crippen molar-refractivity contribution in [1.82, 2.24) is 0 Å². The molecule has 0 aromatic rings. The van der Waals surface area contributed by atoms with Crippen LogP contribution in [0.5, 0.6) is 0 Å². The molecule has 2 aliphatic rings. The zero-order chi connectivity index (χ0) is 21.7. The smallest absolute Gasteiger partial charge is 0.169 e. The summed E-state index contributed by atoms with van der Waals surface area (Å²) in [7, 11) is 0. The Morgan fingerprint density at radius 3 is 2.07 bits per heavy atom. The third-order valence-corrected chi connectivity index (χ3v) is 4.94. The van der Waals surface area contributed by atoms with Gasteiger partial charge in [0.2, 0.25) is 0 Å². The molecule has 0 amide bonds. The SMILES string of the molecule is CC(N)C1O[C@H](O[C@@H]2C(N=[N+]=[N-])CC(N=[N+]=[N-])C(O)C2O)C(N=[N+]=[N-])C(O)[C@H]1O. The molecule has 6 N–H and O–H groups in total. The summed E-state index contributed by atoms with van der Waals surface area (Å²) in [6.07, 6.45) is -10.4. The van der Waals surface area contributed by atoms with Gasteiger partial charge in [0, 0.05) is 20.8 Å². The van der Waals surface area contributed by atoms with Gasteiger partial charge in [0.1, 0.15) is 24.4 Å². The topological polar surface area (TPSA) is 272 Å². The molecule has 1 heterocycles. The fraction of sp³-hybridized carbons (Fsp3) is 1.00. The number of aliphatic hydroxyl groups is 4. The Kier molecular flexibility index (Phi) is 7.84. The van der Waals surface area contributed by atoms with Crippen molar-refractivity contribution < 1.29 is 29.9 Å². The zero-order valence-corrected chi connectivity index (χ0v) is 15.3. The lowest BCUT2D eigenvalue weighted by atomic mass is 9.84. The molecule has 11 atom stereocenters. The molecule has 2 rings (SSSR count). The van der Waals surface area contributed by atoms with E-state index < -0.39 is 67.1 Å². The predicted molar refractivity (Wildman–Crippen MR) is 94.6 cm³/mol. The molecule has 0 spiro atoms. The number of azide groups is 3. The number of nitrogens with two attached hydrogens (primary N) is 1. The van der Waals surface area contributed by atoms with Crippen molar-refractivity contribution in [2.75, 3.05) is 0 Å². The van der Waals surface area contributed by atoms with E-state index in [9.17, 15) is 20.4 Å². The number of rotatable bonds is 6. The highest BCUT2D eigenvalue weighted by molar-refractivity contribution is 5.02. The molecule has 16 heteroatoms. The van der Waals surface area contributed by atoms with Gasteiger partial charge in [0.25, 0.3) is 0 Å². The van der Waals surface area contributed by atoms with Crippen LogP contribution in [0.15, 0.2) is 15.3 Å². The van der Waals surface area contributed by atoms with Gasteiger partial charge in [-0.1, -0.05) is 15.3 Å². The van der Waals surface area contributed by atoms with E-state index in [0.29, 0.717) is 0 Å². The maximum absolute atomic E-state index is 10.4. The van der Waals surface area contributed by atoms with E-state index in [1.165, 1.54) is 6.92 Å². The van der Waals surface area contributed by atoms with Crippen LogP contribution in [-0.4, -0.2) is 87.5 Å². The van der Waals surface area contributed by atoms with E-state index in [1.807, 2.05) is 0 Å². The van der Waals surface area contributed by atoms with Crippen LogP contribution in [0.2, 0.25) is 0 Å². The van der Waals surface area contributed by atoms with E-state index in [1.54, 1.807) is 0 Å². The van der Waals surface area contributed by atoms with E-state index in [0.717, 1.165) is 0 Å². The first-order valence-electron chi connectivity index (χ1n) is 8.68. The highest BCUT2D eigenvalue weighted by Gasteiger charge is 2.50. The van der Waals surface area contributed by atoms with Crippen molar-refractivity contribution in [2.45, 2.75) is 80.4 Å². The zero-order valence-electron chi connectivity index (χ0n) is 15.3. The van der Waals surface area contributed by atoms with Gasteiger partial charge in [-0.3, -0.25) is 0 Å². The second-order valence-electron chi connectivity index (χ2n) is 6.87. The number of aliphatic hydroxyl groups excluding tert-OH is 4. The van der Waals surface area contributed by atoms with Gasteiger partial charge in [0.05, 0.1) is 30.4 Å². The van der Waals surface area contributed by atoms with Gasteiger partial charge in [-0.2, -0.15) is 0 Å². The first-order chi connectivity index (χ1) is 13.8. The van der Waals surface area contributed by atoms with Crippen LogP contribution in [-0.2, 0) is 9.47 Å². The van der Waals surface area contributed by atoms with Crippen LogP contribution in [0.3, 0.4) is 0 Å². The van der Waals surface area contributed by atoms with Gasteiger partial charge in [-0.25, -0.2) is 0 Å².